The Morgan fingerprint density at radius 2 is 2.26 bits per heavy atom. The van der Waals surface area contributed by atoms with E-state index in [1.54, 1.807) is 12.5 Å². The third-order valence-electron chi connectivity index (χ3n) is 4.41. The molecule has 1 saturated heterocycles. The van der Waals surface area contributed by atoms with Crippen molar-refractivity contribution in [3.8, 4) is 0 Å². The molecule has 3 rings (SSSR count). The summed E-state index contributed by atoms with van der Waals surface area (Å²) in [5.41, 5.74) is 0.554. The van der Waals surface area contributed by atoms with Crippen LogP contribution >= 0.6 is 0 Å². The lowest BCUT2D eigenvalue weighted by Crippen LogP contribution is -2.40. The fourth-order valence-electron chi connectivity index (χ4n) is 3.50. The van der Waals surface area contributed by atoms with Gasteiger partial charge in [-0.15, -0.1) is 0 Å². The second-order valence-electron chi connectivity index (χ2n) is 5.39. The van der Waals surface area contributed by atoms with E-state index in [9.17, 15) is 4.79 Å². The predicted octanol–water partition coefficient (Wildman–Crippen LogP) is 2.19. The molecule has 2 heterocycles. The summed E-state index contributed by atoms with van der Waals surface area (Å²) in [6.07, 6.45) is 9.47. The minimum absolute atomic E-state index is 0.309. The first-order chi connectivity index (χ1) is 9.31. The zero-order valence-corrected chi connectivity index (χ0v) is 11.2. The van der Waals surface area contributed by atoms with Crippen molar-refractivity contribution in [2.75, 3.05) is 13.7 Å². The number of nitrogens with zero attached hydrogens (tertiary/aromatic N) is 2. The largest absolute Gasteiger partial charge is 0.464 e. The van der Waals surface area contributed by atoms with Crippen LogP contribution in [-0.2, 0) is 9.47 Å². The fourth-order valence-corrected chi connectivity index (χ4v) is 3.50. The number of imidazole rings is 1. The summed E-state index contributed by atoms with van der Waals surface area (Å²) in [5, 5.41) is 0. The third-order valence-corrected chi connectivity index (χ3v) is 4.41. The maximum atomic E-state index is 11.8. The van der Waals surface area contributed by atoms with Gasteiger partial charge in [-0.3, -0.25) is 0 Å². The lowest BCUT2D eigenvalue weighted by atomic mass is 9.78. The highest BCUT2D eigenvalue weighted by molar-refractivity contribution is 5.87. The molecule has 0 amide bonds. The minimum atomic E-state index is -0.309. The van der Waals surface area contributed by atoms with E-state index in [0.29, 0.717) is 23.8 Å². The van der Waals surface area contributed by atoms with Crippen molar-refractivity contribution in [1.29, 1.82) is 0 Å². The zero-order chi connectivity index (χ0) is 13.2. The molecule has 5 heteroatoms. The second-order valence-corrected chi connectivity index (χ2v) is 5.39. The lowest BCUT2D eigenvalue weighted by molar-refractivity contribution is -0.0725. The van der Waals surface area contributed by atoms with Gasteiger partial charge in [-0.1, -0.05) is 12.8 Å². The lowest BCUT2D eigenvalue weighted by Gasteiger charge is -2.41. The van der Waals surface area contributed by atoms with Gasteiger partial charge in [0.1, 0.15) is 5.69 Å². The Labute approximate surface area is 112 Å². The van der Waals surface area contributed by atoms with Gasteiger partial charge in [-0.05, 0) is 19.3 Å². The molecular weight excluding hydrogens is 244 g/mol. The minimum Gasteiger partial charge on any atom is -0.464 e. The summed E-state index contributed by atoms with van der Waals surface area (Å²) >= 11 is 0. The summed E-state index contributed by atoms with van der Waals surface area (Å²) in [6.45, 7) is 0.768. The number of fused-ring (bicyclic) bond motifs is 1. The van der Waals surface area contributed by atoms with Crippen LogP contribution in [0.4, 0.5) is 0 Å². The van der Waals surface area contributed by atoms with Crippen molar-refractivity contribution in [3.63, 3.8) is 0 Å². The number of hydrogen-bond donors (Lipinski definition) is 0. The van der Waals surface area contributed by atoms with Crippen molar-refractivity contribution >= 4 is 5.97 Å². The molecule has 0 spiro atoms. The van der Waals surface area contributed by atoms with Crippen molar-refractivity contribution < 1.29 is 14.3 Å². The average molecular weight is 264 g/mol. The molecule has 3 atom stereocenters. The molecule has 104 valence electrons. The normalized spacial score (nSPS) is 30.7. The van der Waals surface area contributed by atoms with Crippen molar-refractivity contribution in [3.05, 3.63) is 18.2 Å². The standard InChI is InChI=1S/C14H20N2O3/c1-18-14(17)12-8-15-9-16(12)11-6-7-19-13-5-3-2-4-10(11)13/h8-11,13H,2-7H2,1H3/t10-,11+,13+/m1/s1. The van der Waals surface area contributed by atoms with Crippen molar-refractivity contribution in [2.45, 2.75) is 44.2 Å². The number of aromatic nitrogens is 2. The molecule has 0 aromatic carbocycles. The van der Waals surface area contributed by atoms with Gasteiger partial charge in [0.2, 0.25) is 0 Å². The fraction of sp³-hybridized carbons (Fsp3) is 0.714. The molecule has 1 aromatic rings. The van der Waals surface area contributed by atoms with Crippen LogP contribution in [0.25, 0.3) is 0 Å². The van der Waals surface area contributed by atoms with Gasteiger partial charge in [0, 0.05) is 18.6 Å². The molecule has 0 unspecified atom stereocenters. The number of methoxy groups -OCH3 is 1. The Bertz CT molecular complexity index is 455. The van der Waals surface area contributed by atoms with E-state index >= 15 is 0 Å². The molecule has 19 heavy (non-hydrogen) atoms. The summed E-state index contributed by atoms with van der Waals surface area (Å²) in [4.78, 5) is 15.9. The molecule has 0 radical (unpaired) electrons. The Kier molecular flexibility index (Phi) is 3.55. The van der Waals surface area contributed by atoms with Crippen LogP contribution in [0.5, 0.6) is 0 Å². The van der Waals surface area contributed by atoms with Crippen LogP contribution in [0.1, 0.15) is 48.6 Å². The Hall–Kier alpha value is -1.36. The number of esters is 1. The monoisotopic (exact) mass is 264 g/mol. The van der Waals surface area contributed by atoms with Crippen LogP contribution in [0, 0.1) is 5.92 Å². The van der Waals surface area contributed by atoms with Gasteiger partial charge in [-0.2, -0.15) is 0 Å². The van der Waals surface area contributed by atoms with Crippen LogP contribution < -0.4 is 0 Å². The van der Waals surface area contributed by atoms with E-state index in [1.165, 1.54) is 26.4 Å². The number of rotatable bonds is 2. The molecule has 0 N–H and O–H groups in total. The molecule has 1 aliphatic carbocycles. The maximum Gasteiger partial charge on any atom is 0.356 e. The number of carbonyl (C=O) groups is 1. The van der Waals surface area contributed by atoms with Gasteiger partial charge in [-0.25, -0.2) is 9.78 Å². The zero-order valence-electron chi connectivity index (χ0n) is 11.2. The maximum absolute atomic E-state index is 11.8. The van der Waals surface area contributed by atoms with Gasteiger partial charge >= 0.3 is 5.97 Å². The highest BCUT2D eigenvalue weighted by Crippen LogP contribution is 2.40. The Morgan fingerprint density at radius 1 is 1.42 bits per heavy atom. The van der Waals surface area contributed by atoms with E-state index < -0.39 is 0 Å². The predicted molar refractivity (Wildman–Crippen MR) is 68.9 cm³/mol. The number of hydrogen-bond acceptors (Lipinski definition) is 4. The summed E-state index contributed by atoms with van der Waals surface area (Å²) in [5.74, 6) is 0.191. The third kappa shape index (κ3) is 2.27. The summed E-state index contributed by atoms with van der Waals surface area (Å²) in [6, 6.07) is 0.315. The highest BCUT2D eigenvalue weighted by atomic mass is 16.5. The Morgan fingerprint density at radius 3 is 3.11 bits per heavy atom. The molecular formula is C14H20N2O3. The quantitative estimate of drug-likeness (QED) is 0.768. The molecule has 2 aliphatic rings. The van der Waals surface area contributed by atoms with Gasteiger partial charge < -0.3 is 14.0 Å². The first-order valence-corrected chi connectivity index (χ1v) is 7.03. The van der Waals surface area contributed by atoms with Crippen LogP contribution in [0.2, 0.25) is 0 Å². The van der Waals surface area contributed by atoms with E-state index in [4.69, 9.17) is 9.47 Å². The van der Waals surface area contributed by atoms with Gasteiger partial charge in [0.25, 0.3) is 0 Å². The number of ether oxygens (including phenoxy) is 2. The molecule has 1 aliphatic heterocycles. The highest BCUT2D eigenvalue weighted by Gasteiger charge is 2.37. The van der Waals surface area contributed by atoms with Crippen LogP contribution in [0.15, 0.2) is 12.5 Å². The first-order valence-electron chi connectivity index (χ1n) is 7.03. The van der Waals surface area contributed by atoms with Crippen LogP contribution in [-0.4, -0.2) is 35.3 Å². The average Bonchev–Trinajstić information content (AvgIpc) is 2.95. The first kappa shape index (κ1) is 12.7. The van der Waals surface area contributed by atoms with Crippen molar-refractivity contribution in [2.24, 2.45) is 5.92 Å². The van der Waals surface area contributed by atoms with Gasteiger partial charge in [0.05, 0.1) is 25.7 Å². The molecule has 1 saturated carbocycles. The molecule has 5 nitrogen and oxygen atoms in total. The molecule has 2 fully saturated rings. The second kappa shape index (κ2) is 5.33. The summed E-state index contributed by atoms with van der Waals surface area (Å²) in [7, 11) is 1.41. The molecule has 1 aromatic heterocycles. The molecule has 0 bridgehead atoms. The van der Waals surface area contributed by atoms with E-state index in [1.807, 2.05) is 4.57 Å². The van der Waals surface area contributed by atoms with Gasteiger partial charge in [0.15, 0.2) is 0 Å². The van der Waals surface area contributed by atoms with Crippen molar-refractivity contribution in [1.82, 2.24) is 9.55 Å². The van der Waals surface area contributed by atoms with E-state index in [-0.39, 0.29) is 5.97 Å². The summed E-state index contributed by atoms with van der Waals surface area (Å²) < 4.78 is 12.7. The number of carbonyl (C=O) groups excluding carboxylic acids is 1. The van der Waals surface area contributed by atoms with E-state index in [0.717, 1.165) is 19.4 Å². The smallest absolute Gasteiger partial charge is 0.356 e. The van der Waals surface area contributed by atoms with Crippen LogP contribution in [0.3, 0.4) is 0 Å². The Balaban J connectivity index is 1.88. The van der Waals surface area contributed by atoms with E-state index in [2.05, 4.69) is 4.98 Å². The SMILES string of the molecule is COC(=O)c1cncn1[C@H]1CCO[C@H]2CCCC[C@@H]21. The topological polar surface area (TPSA) is 53.3 Å².